The largest absolute Gasteiger partial charge is 0.481 e. The van der Waals surface area contributed by atoms with Crippen molar-refractivity contribution < 1.29 is 27.4 Å². The molecule has 0 radical (unpaired) electrons. The smallest absolute Gasteiger partial charge is 0.433 e. The molecule has 0 atom stereocenters. The lowest BCUT2D eigenvalue weighted by molar-refractivity contribution is -0.140. The Hall–Kier alpha value is -2.78. The number of amides is 1. The normalized spacial score (nSPS) is 15.3. The molecule has 1 aliphatic heterocycles. The molecule has 10 heteroatoms. The first-order valence-corrected chi connectivity index (χ1v) is 7.84. The molecule has 0 aliphatic carbocycles. The van der Waals surface area contributed by atoms with Gasteiger partial charge in [-0.25, -0.2) is 9.78 Å². The first-order valence-electron chi connectivity index (χ1n) is 7.84. The number of anilines is 1. The fourth-order valence-electron chi connectivity index (χ4n) is 2.85. The van der Waals surface area contributed by atoms with Gasteiger partial charge < -0.3 is 19.3 Å². The summed E-state index contributed by atoms with van der Waals surface area (Å²) in [5, 5.41) is 0.491. The highest BCUT2D eigenvalue weighted by molar-refractivity contribution is 5.90. The minimum Gasteiger partial charge on any atom is -0.481 e. The zero-order valence-electron chi connectivity index (χ0n) is 14.2. The van der Waals surface area contributed by atoms with Crippen molar-refractivity contribution >= 4 is 22.8 Å². The average molecular weight is 370 g/mol. The lowest BCUT2D eigenvalue weighted by Crippen LogP contribution is -2.48. The molecule has 1 aliphatic rings. The third-order valence-electron chi connectivity index (χ3n) is 4.18. The van der Waals surface area contributed by atoms with Crippen LogP contribution in [0.2, 0.25) is 0 Å². The molecule has 0 unspecified atom stereocenters. The molecule has 1 fully saturated rings. The number of nitrogens with zero attached hydrogens (tertiary/aromatic N) is 4. The molecule has 7 nitrogen and oxygen atoms in total. The van der Waals surface area contributed by atoms with Crippen molar-refractivity contribution in [3.8, 4) is 5.88 Å². The van der Waals surface area contributed by atoms with Crippen molar-refractivity contribution in [2.75, 3.05) is 45.3 Å². The van der Waals surface area contributed by atoms with E-state index in [-0.39, 0.29) is 11.5 Å². The van der Waals surface area contributed by atoms with E-state index in [1.807, 2.05) is 0 Å². The summed E-state index contributed by atoms with van der Waals surface area (Å²) in [7, 11) is 2.68. The van der Waals surface area contributed by atoms with Gasteiger partial charge in [0.1, 0.15) is 5.69 Å². The van der Waals surface area contributed by atoms with Gasteiger partial charge in [-0.3, -0.25) is 0 Å². The van der Waals surface area contributed by atoms with Crippen molar-refractivity contribution in [3.63, 3.8) is 0 Å². The molecule has 0 N–H and O–H groups in total. The molecule has 1 saturated heterocycles. The van der Waals surface area contributed by atoms with Gasteiger partial charge in [-0.15, -0.1) is 0 Å². The van der Waals surface area contributed by atoms with Gasteiger partial charge in [-0.05, 0) is 12.1 Å². The van der Waals surface area contributed by atoms with Gasteiger partial charge in [-0.2, -0.15) is 18.2 Å². The molecule has 26 heavy (non-hydrogen) atoms. The van der Waals surface area contributed by atoms with Gasteiger partial charge in [0, 0.05) is 37.6 Å². The second kappa shape index (κ2) is 6.85. The summed E-state index contributed by atoms with van der Waals surface area (Å²) in [5.74, 6) is 0.186. The number of aromatic nitrogens is 2. The maximum atomic E-state index is 13.2. The van der Waals surface area contributed by atoms with Gasteiger partial charge in [-0.1, -0.05) is 0 Å². The van der Waals surface area contributed by atoms with E-state index in [9.17, 15) is 18.0 Å². The van der Waals surface area contributed by atoms with Crippen LogP contribution in [-0.2, 0) is 10.9 Å². The summed E-state index contributed by atoms with van der Waals surface area (Å²) in [6.07, 6.45) is -5.05. The van der Waals surface area contributed by atoms with Crippen molar-refractivity contribution in [2.45, 2.75) is 6.18 Å². The fourth-order valence-corrected chi connectivity index (χ4v) is 2.85. The molecule has 0 bridgehead atoms. The highest BCUT2D eigenvalue weighted by atomic mass is 19.4. The Labute approximate surface area is 147 Å². The van der Waals surface area contributed by atoms with Crippen LogP contribution < -0.4 is 9.64 Å². The van der Waals surface area contributed by atoms with Gasteiger partial charge in [0.25, 0.3) is 0 Å². The van der Waals surface area contributed by atoms with Crippen molar-refractivity contribution in [3.05, 3.63) is 23.9 Å². The first kappa shape index (κ1) is 18.0. The number of ether oxygens (including phenoxy) is 2. The minimum atomic E-state index is -4.60. The average Bonchev–Trinajstić information content (AvgIpc) is 2.65. The van der Waals surface area contributed by atoms with Gasteiger partial charge in [0.2, 0.25) is 5.88 Å². The molecule has 0 saturated carbocycles. The molecule has 140 valence electrons. The fraction of sp³-hybridized carbons (Fsp3) is 0.438. The third-order valence-corrected chi connectivity index (χ3v) is 4.18. The molecule has 2 aromatic heterocycles. The van der Waals surface area contributed by atoms with Crippen LogP contribution in [0.25, 0.3) is 11.0 Å². The molecule has 2 aromatic rings. The Morgan fingerprint density at radius 1 is 1.12 bits per heavy atom. The van der Waals surface area contributed by atoms with E-state index in [2.05, 4.69) is 14.7 Å². The zero-order valence-corrected chi connectivity index (χ0v) is 14.2. The Morgan fingerprint density at radius 3 is 2.38 bits per heavy atom. The summed E-state index contributed by atoms with van der Waals surface area (Å²) < 4.78 is 49.4. The van der Waals surface area contributed by atoms with Crippen LogP contribution in [0.3, 0.4) is 0 Å². The number of carbonyl (C=O) groups is 1. The number of hydrogen-bond acceptors (Lipinski definition) is 6. The lowest BCUT2D eigenvalue weighted by Gasteiger charge is -2.35. The summed E-state index contributed by atoms with van der Waals surface area (Å²) in [5.41, 5.74) is -0.678. The minimum absolute atomic E-state index is 0.0374. The predicted molar refractivity (Wildman–Crippen MR) is 87.3 cm³/mol. The highest BCUT2D eigenvalue weighted by Crippen LogP contribution is 2.35. The Bertz CT molecular complexity index is 820. The summed E-state index contributed by atoms with van der Waals surface area (Å²) in [6.45, 7) is 1.44. The molecular formula is C16H17F3N4O3. The molecule has 0 aromatic carbocycles. The van der Waals surface area contributed by atoms with Gasteiger partial charge in [0.05, 0.1) is 19.9 Å². The number of pyridine rings is 2. The zero-order chi connectivity index (χ0) is 18.9. The number of carbonyl (C=O) groups excluding carboxylic acids is 1. The number of fused-ring (bicyclic) bond motifs is 1. The second-order valence-corrected chi connectivity index (χ2v) is 5.69. The van der Waals surface area contributed by atoms with Crippen LogP contribution in [0, 0.1) is 0 Å². The van der Waals surface area contributed by atoms with E-state index < -0.39 is 18.0 Å². The van der Waals surface area contributed by atoms with E-state index in [0.29, 0.717) is 37.3 Å². The van der Waals surface area contributed by atoms with Crippen LogP contribution >= 0.6 is 0 Å². The molecule has 3 rings (SSSR count). The number of hydrogen-bond donors (Lipinski definition) is 0. The van der Waals surface area contributed by atoms with Crippen molar-refractivity contribution in [2.24, 2.45) is 0 Å². The van der Waals surface area contributed by atoms with Gasteiger partial charge in [0.15, 0.2) is 5.65 Å². The summed E-state index contributed by atoms with van der Waals surface area (Å²) >= 11 is 0. The highest BCUT2D eigenvalue weighted by Gasteiger charge is 2.34. The van der Waals surface area contributed by atoms with Crippen LogP contribution in [0.4, 0.5) is 23.7 Å². The van der Waals surface area contributed by atoms with E-state index in [1.165, 1.54) is 19.1 Å². The van der Waals surface area contributed by atoms with Crippen LogP contribution in [0.15, 0.2) is 18.2 Å². The van der Waals surface area contributed by atoms with E-state index in [0.717, 1.165) is 6.07 Å². The molecule has 1 amide bonds. The Kier molecular flexibility index (Phi) is 4.75. The summed E-state index contributed by atoms with van der Waals surface area (Å²) in [4.78, 5) is 22.5. The summed E-state index contributed by atoms with van der Waals surface area (Å²) in [6, 6.07) is 4.23. The maximum absolute atomic E-state index is 13.2. The monoisotopic (exact) mass is 370 g/mol. The van der Waals surface area contributed by atoms with Crippen LogP contribution in [0.5, 0.6) is 5.88 Å². The van der Waals surface area contributed by atoms with E-state index in [4.69, 9.17) is 4.74 Å². The number of rotatable bonds is 2. The van der Waals surface area contributed by atoms with Crippen LogP contribution in [-0.4, -0.2) is 61.4 Å². The molecular weight excluding hydrogens is 353 g/mol. The SMILES string of the molecule is COC(=O)N1CCN(c2cc(C(F)(F)F)nc3nc(OC)ccc23)CC1. The van der Waals surface area contributed by atoms with Crippen LogP contribution in [0.1, 0.15) is 5.69 Å². The van der Waals surface area contributed by atoms with E-state index >= 15 is 0 Å². The van der Waals surface area contributed by atoms with Gasteiger partial charge >= 0.3 is 12.3 Å². The van der Waals surface area contributed by atoms with E-state index in [1.54, 1.807) is 17.0 Å². The predicted octanol–water partition coefficient (Wildman–Crippen LogP) is 2.55. The Morgan fingerprint density at radius 2 is 1.81 bits per heavy atom. The molecule has 0 spiro atoms. The number of piperazine rings is 1. The lowest BCUT2D eigenvalue weighted by atomic mass is 10.1. The topological polar surface area (TPSA) is 67.8 Å². The first-order chi connectivity index (χ1) is 12.3. The number of halogens is 3. The number of alkyl halides is 3. The standard InChI is InChI=1S/C16H17F3N4O3/c1-25-13-4-3-10-11(9-12(16(17,18)19)20-14(10)21-13)22-5-7-23(8-6-22)15(24)26-2/h3-4,9H,5-8H2,1-2H3. The van der Waals surface area contributed by atoms with Crippen molar-refractivity contribution in [1.29, 1.82) is 0 Å². The second-order valence-electron chi connectivity index (χ2n) is 5.69. The quantitative estimate of drug-likeness (QED) is 0.809. The number of methoxy groups -OCH3 is 2. The Balaban J connectivity index is 2.00. The van der Waals surface area contributed by atoms with Crippen molar-refractivity contribution in [1.82, 2.24) is 14.9 Å². The maximum Gasteiger partial charge on any atom is 0.433 e. The molecule has 3 heterocycles. The third kappa shape index (κ3) is 3.44.